The van der Waals surface area contributed by atoms with E-state index in [0.29, 0.717) is 17.3 Å². The predicted octanol–water partition coefficient (Wildman–Crippen LogP) is 2.75. The molecule has 0 bridgehead atoms. The SMILES string of the molecule is CC(C)N1Cc2c(cc(Cl)nc2Cl)C1=O. The monoisotopic (exact) mass is 244 g/mol. The molecular formula is C10H10Cl2N2O. The zero-order chi connectivity index (χ0) is 11.2. The molecule has 0 atom stereocenters. The quantitative estimate of drug-likeness (QED) is 0.712. The maximum atomic E-state index is 11.9. The molecule has 1 aromatic rings. The van der Waals surface area contributed by atoms with Crippen LogP contribution in [-0.4, -0.2) is 21.8 Å². The summed E-state index contributed by atoms with van der Waals surface area (Å²) < 4.78 is 0. The zero-order valence-electron chi connectivity index (χ0n) is 8.42. The molecule has 0 aromatic carbocycles. The smallest absolute Gasteiger partial charge is 0.254 e. The van der Waals surface area contributed by atoms with E-state index in [-0.39, 0.29) is 17.1 Å². The second-order valence-electron chi connectivity index (χ2n) is 3.79. The predicted molar refractivity (Wildman–Crippen MR) is 59.3 cm³/mol. The highest BCUT2D eigenvalue weighted by Crippen LogP contribution is 2.30. The Morgan fingerprint density at radius 1 is 1.47 bits per heavy atom. The first-order valence-electron chi connectivity index (χ1n) is 4.66. The molecule has 1 aliphatic heterocycles. The highest BCUT2D eigenvalue weighted by molar-refractivity contribution is 6.33. The third-order valence-corrected chi connectivity index (χ3v) is 2.99. The summed E-state index contributed by atoms with van der Waals surface area (Å²) in [5.41, 5.74) is 1.36. The molecule has 15 heavy (non-hydrogen) atoms. The molecule has 5 heteroatoms. The minimum absolute atomic E-state index is 0.0220. The number of carbonyl (C=O) groups is 1. The number of amides is 1. The van der Waals surface area contributed by atoms with Crippen LogP contribution in [0.4, 0.5) is 0 Å². The van der Waals surface area contributed by atoms with Crippen LogP contribution in [0.15, 0.2) is 6.07 Å². The zero-order valence-corrected chi connectivity index (χ0v) is 9.93. The molecule has 0 fully saturated rings. The van der Waals surface area contributed by atoms with Crippen LogP contribution in [0.1, 0.15) is 29.8 Å². The number of rotatable bonds is 1. The molecule has 3 nitrogen and oxygen atoms in total. The summed E-state index contributed by atoms with van der Waals surface area (Å²) in [5, 5.41) is 0.590. The summed E-state index contributed by atoms with van der Waals surface area (Å²) in [6.45, 7) is 4.45. The van der Waals surface area contributed by atoms with Gasteiger partial charge >= 0.3 is 0 Å². The summed E-state index contributed by atoms with van der Waals surface area (Å²) in [6.07, 6.45) is 0. The second-order valence-corrected chi connectivity index (χ2v) is 4.53. The summed E-state index contributed by atoms with van der Waals surface area (Å²) in [7, 11) is 0. The topological polar surface area (TPSA) is 33.2 Å². The van der Waals surface area contributed by atoms with Crippen LogP contribution in [-0.2, 0) is 6.54 Å². The third-order valence-electron chi connectivity index (χ3n) is 2.49. The second kappa shape index (κ2) is 3.65. The molecule has 2 heterocycles. The first kappa shape index (κ1) is 10.7. The number of hydrogen-bond acceptors (Lipinski definition) is 2. The molecule has 0 radical (unpaired) electrons. The molecule has 1 aromatic heterocycles. The summed E-state index contributed by atoms with van der Waals surface area (Å²) in [6, 6.07) is 1.73. The van der Waals surface area contributed by atoms with Gasteiger partial charge in [-0.3, -0.25) is 4.79 Å². The van der Waals surface area contributed by atoms with E-state index in [0.717, 1.165) is 5.56 Å². The Morgan fingerprint density at radius 2 is 2.13 bits per heavy atom. The normalized spacial score (nSPS) is 15.0. The van der Waals surface area contributed by atoms with Crippen molar-refractivity contribution in [1.82, 2.24) is 9.88 Å². The van der Waals surface area contributed by atoms with E-state index in [2.05, 4.69) is 4.98 Å². The largest absolute Gasteiger partial charge is 0.332 e. The highest BCUT2D eigenvalue weighted by Gasteiger charge is 2.31. The standard InChI is InChI=1S/C10H10Cl2N2O/c1-5(2)14-4-7-6(10(14)15)3-8(11)13-9(7)12/h3,5H,4H2,1-2H3. The van der Waals surface area contributed by atoms with Crippen LogP contribution in [0.5, 0.6) is 0 Å². The Balaban J connectivity index is 2.50. The summed E-state index contributed by atoms with van der Waals surface area (Å²) >= 11 is 11.7. The maximum absolute atomic E-state index is 11.9. The van der Waals surface area contributed by atoms with Crippen molar-refractivity contribution < 1.29 is 4.79 Å². The number of aromatic nitrogens is 1. The van der Waals surface area contributed by atoms with Gasteiger partial charge in [-0.05, 0) is 19.9 Å². The fourth-order valence-corrected chi connectivity index (χ4v) is 2.16. The van der Waals surface area contributed by atoms with Gasteiger partial charge in [0.05, 0.1) is 12.1 Å². The van der Waals surface area contributed by atoms with Gasteiger partial charge in [-0.1, -0.05) is 23.2 Å². The highest BCUT2D eigenvalue weighted by atomic mass is 35.5. The van der Waals surface area contributed by atoms with E-state index < -0.39 is 0 Å². The molecule has 1 aliphatic rings. The average Bonchev–Trinajstić information content (AvgIpc) is 2.44. The molecule has 0 spiro atoms. The minimum atomic E-state index is -0.0220. The lowest BCUT2D eigenvalue weighted by atomic mass is 10.2. The van der Waals surface area contributed by atoms with Crippen molar-refractivity contribution in [2.24, 2.45) is 0 Å². The number of carbonyl (C=O) groups excluding carboxylic acids is 1. The Bertz CT molecular complexity index is 432. The Morgan fingerprint density at radius 3 is 2.73 bits per heavy atom. The molecule has 1 amide bonds. The molecule has 80 valence electrons. The van der Waals surface area contributed by atoms with Crippen LogP contribution >= 0.6 is 23.2 Å². The summed E-state index contributed by atoms with van der Waals surface area (Å²) in [4.78, 5) is 17.6. The van der Waals surface area contributed by atoms with Gasteiger partial charge in [0.15, 0.2) is 0 Å². The number of nitrogens with zero attached hydrogens (tertiary/aromatic N) is 2. The molecule has 0 saturated heterocycles. The van der Waals surface area contributed by atoms with Gasteiger partial charge in [0.25, 0.3) is 5.91 Å². The first-order valence-corrected chi connectivity index (χ1v) is 5.42. The Kier molecular flexibility index (Phi) is 2.61. The fraction of sp³-hybridized carbons (Fsp3) is 0.400. The number of pyridine rings is 1. The van der Waals surface area contributed by atoms with Crippen molar-refractivity contribution in [3.05, 3.63) is 27.5 Å². The number of halogens is 2. The van der Waals surface area contributed by atoms with Crippen molar-refractivity contribution >= 4 is 29.1 Å². The van der Waals surface area contributed by atoms with E-state index in [1.54, 1.807) is 11.0 Å². The Hall–Kier alpha value is -0.800. The van der Waals surface area contributed by atoms with Crippen LogP contribution < -0.4 is 0 Å². The van der Waals surface area contributed by atoms with Gasteiger partial charge < -0.3 is 4.90 Å². The lowest BCUT2D eigenvalue weighted by Crippen LogP contribution is -2.30. The van der Waals surface area contributed by atoms with E-state index in [1.807, 2.05) is 13.8 Å². The fourth-order valence-electron chi connectivity index (χ4n) is 1.67. The summed E-state index contributed by atoms with van der Waals surface area (Å²) in [5.74, 6) is -0.0220. The van der Waals surface area contributed by atoms with Crippen LogP contribution in [0.2, 0.25) is 10.3 Å². The molecule has 2 rings (SSSR count). The van der Waals surface area contributed by atoms with Gasteiger partial charge in [0.1, 0.15) is 10.3 Å². The van der Waals surface area contributed by atoms with Crippen molar-refractivity contribution in [3.8, 4) is 0 Å². The number of hydrogen-bond donors (Lipinski definition) is 0. The molecule has 0 saturated carbocycles. The minimum Gasteiger partial charge on any atom is -0.332 e. The van der Waals surface area contributed by atoms with Gasteiger partial charge in [-0.15, -0.1) is 0 Å². The van der Waals surface area contributed by atoms with Crippen molar-refractivity contribution in [1.29, 1.82) is 0 Å². The Labute approximate surface area is 98.0 Å². The lowest BCUT2D eigenvalue weighted by molar-refractivity contribution is 0.0730. The van der Waals surface area contributed by atoms with Gasteiger partial charge in [-0.2, -0.15) is 0 Å². The van der Waals surface area contributed by atoms with Gasteiger partial charge in [0, 0.05) is 11.6 Å². The van der Waals surface area contributed by atoms with Gasteiger partial charge in [-0.25, -0.2) is 4.98 Å². The lowest BCUT2D eigenvalue weighted by Gasteiger charge is -2.19. The van der Waals surface area contributed by atoms with Crippen molar-refractivity contribution in [2.45, 2.75) is 26.4 Å². The van der Waals surface area contributed by atoms with Crippen LogP contribution in [0, 0.1) is 0 Å². The van der Waals surface area contributed by atoms with Crippen LogP contribution in [0.25, 0.3) is 0 Å². The molecule has 0 aliphatic carbocycles. The molecule has 0 unspecified atom stereocenters. The van der Waals surface area contributed by atoms with E-state index in [1.165, 1.54) is 0 Å². The molecule has 0 N–H and O–H groups in total. The van der Waals surface area contributed by atoms with E-state index in [4.69, 9.17) is 23.2 Å². The average molecular weight is 245 g/mol. The molecular weight excluding hydrogens is 235 g/mol. The van der Waals surface area contributed by atoms with E-state index in [9.17, 15) is 4.79 Å². The van der Waals surface area contributed by atoms with Crippen molar-refractivity contribution in [2.75, 3.05) is 0 Å². The number of fused-ring (bicyclic) bond motifs is 1. The van der Waals surface area contributed by atoms with Gasteiger partial charge in [0.2, 0.25) is 0 Å². The third kappa shape index (κ3) is 1.70. The maximum Gasteiger partial charge on any atom is 0.254 e. The van der Waals surface area contributed by atoms with Crippen LogP contribution in [0.3, 0.4) is 0 Å². The first-order chi connectivity index (χ1) is 7.00. The van der Waals surface area contributed by atoms with E-state index >= 15 is 0 Å². The van der Waals surface area contributed by atoms with Crippen molar-refractivity contribution in [3.63, 3.8) is 0 Å².